The highest BCUT2D eigenvalue weighted by Gasteiger charge is 2.17. The Kier molecular flexibility index (Phi) is 8.10. The fourth-order valence-electron chi connectivity index (χ4n) is 3.04. The molecule has 0 aliphatic rings. The average molecular weight is 560 g/mol. The zero-order chi connectivity index (χ0) is 23.9. The van der Waals surface area contributed by atoms with E-state index in [1.165, 1.54) is 11.8 Å². The Morgan fingerprint density at radius 3 is 2.44 bits per heavy atom. The van der Waals surface area contributed by atoms with Crippen molar-refractivity contribution in [3.8, 4) is 17.2 Å². The highest BCUT2D eigenvalue weighted by Crippen LogP contribution is 2.26. The molecule has 0 unspecified atom stereocenters. The number of nitrogens with one attached hydrogen (secondary N) is 1. The lowest BCUT2D eigenvalue weighted by molar-refractivity contribution is -0.113. The lowest BCUT2D eigenvalue weighted by Gasteiger charge is -2.12. The number of anilines is 1. The van der Waals surface area contributed by atoms with E-state index in [0.717, 1.165) is 15.9 Å². The maximum Gasteiger partial charge on any atom is 0.234 e. The molecule has 0 radical (unpaired) electrons. The van der Waals surface area contributed by atoms with Crippen molar-refractivity contribution in [3.05, 3.63) is 88.1 Å². The van der Waals surface area contributed by atoms with E-state index in [-0.39, 0.29) is 18.3 Å². The highest BCUT2D eigenvalue weighted by atomic mass is 79.9. The van der Waals surface area contributed by atoms with Crippen LogP contribution in [-0.2, 0) is 11.4 Å². The smallest absolute Gasteiger partial charge is 0.234 e. The molecule has 0 aliphatic heterocycles. The quantitative estimate of drug-likeness (QED) is 0.253. The molecule has 0 spiro atoms. The second-order valence-corrected chi connectivity index (χ2v) is 9.22. The van der Waals surface area contributed by atoms with Crippen molar-refractivity contribution in [2.24, 2.45) is 0 Å². The zero-order valence-electron chi connectivity index (χ0n) is 18.1. The molecule has 1 aromatic heterocycles. The van der Waals surface area contributed by atoms with Gasteiger partial charge in [0.25, 0.3) is 0 Å². The van der Waals surface area contributed by atoms with E-state index in [4.69, 9.17) is 21.1 Å². The van der Waals surface area contributed by atoms with Gasteiger partial charge in [0.2, 0.25) is 5.91 Å². The van der Waals surface area contributed by atoms with Crippen LogP contribution in [0.1, 0.15) is 5.82 Å². The molecule has 3 aromatic carbocycles. The first kappa shape index (κ1) is 24.1. The first-order valence-corrected chi connectivity index (χ1v) is 12.3. The number of hydrogen-bond donors (Lipinski definition) is 1. The first-order chi connectivity index (χ1) is 16.5. The van der Waals surface area contributed by atoms with Gasteiger partial charge in [-0.1, -0.05) is 35.5 Å². The summed E-state index contributed by atoms with van der Waals surface area (Å²) in [7, 11) is 1.62. The first-order valence-electron chi connectivity index (χ1n) is 10.2. The summed E-state index contributed by atoms with van der Waals surface area (Å²) in [6.07, 6.45) is 0. The summed E-state index contributed by atoms with van der Waals surface area (Å²) in [5, 5.41) is 12.7. The number of methoxy groups -OCH3 is 1. The molecule has 1 N–H and O–H groups in total. The molecule has 10 heteroatoms. The van der Waals surface area contributed by atoms with Gasteiger partial charge in [-0.05, 0) is 76.6 Å². The fourth-order valence-corrected chi connectivity index (χ4v) is 4.32. The molecular weight excluding hydrogens is 540 g/mol. The van der Waals surface area contributed by atoms with E-state index < -0.39 is 0 Å². The van der Waals surface area contributed by atoms with Crippen molar-refractivity contribution < 1.29 is 14.3 Å². The van der Waals surface area contributed by atoms with Gasteiger partial charge in [0.15, 0.2) is 11.0 Å². The Bertz CT molecular complexity index is 1270. The summed E-state index contributed by atoms with van der Waals surface area (Å²) < 4.78 is 13.8. The third-order valence-electron chi connectivity index (χ3n) is 4.69. The summed E-state index contributed by atoms with van der Waals surface area (Å²) in [5.41, 5.74) is 1.54. The number of benzene rings is 3. The van der Waals surface area contributed by atoms with Crippen molar-refractivity contribution in [2.75, 3.05) is 18.2 Å². The number of thioether (sulfide) groups is 1. The summed E-state index contributed by atoms with van der Waals surface area (Å²) >= 11 is 10.7. The van der Waals surface area contributed by atoms with Crippen molar-refractivity contribution in [3.63, 3.8) is 0 Å². The van der Waals surface area contributed by atoms with Crippen molar-refractivity contribution >= 4 is 50.9 Å². The lowest BCUT2D eigenvalue weighted by Crippen LogP contribution is -2.15. The normalized spacial score (nSPS) is 10.7. The van der Waals surface area contributed by atoms with Crippen molar-refractivity contribution in [1.29, 1.82) is 0 Å². The molecule has 34 heavy (non-hydrogen) atoms. The molecule has 0 fully saturated rings. The Hall–Kier alpha value is -3.01. The van der Waals surface area contributed by atoms with E-state index in [9.17, 15) is 4.79 Å². The Morgan fingerprint density at radius 1 is 1.03 bits per heavy atom. The zero-order valence-corrected chi connectivity index (χ0v) is 21.2. The topological polar surface area (TPSA) is 78.3 Å². The van der Waals surface area contributed by atoms with Gasteiger partial charge in [-0.15, -0.1) is 10.2 Å². The molecule has 0 aliphatic carbocycles. The summed E-state index contributed by atoms with van der Waals surface area (Å²) in [4.78, 5) is 12.6. The van der Waals surface area contributed by atoms with E-state index >= 15 is 0 Å². The second kappa shape index (κ2) is 11.4. The van der Waals surface area contributed by atoms with Crippen LogP contribution in [0.25, 0.3) is 5.69 Å². The molecule has 0 saturated carbocycles. The van der Waals surface area contributed by atoms with Crippen LogP contribution in [0.3, 0.4) is 0 Å². The maximum atomic E-state index is 12.6. The lowest BCUT2D eigenvalue weighted by atomic mass is 10.3. The van der Waals surface area contributed by atoms with Crippen molar-refractivity contribution in [2.45, 2.75) is 11.8 Å². The second-order valence-electron chi connectivity index (χ2n) is 6.99. The Morgan fingerprint density at radius 2 is 1.74 bits per heavy atom. The third kappa shape index (κ3) is 6.11. The van der Waals surface area contributed by atoms with Crippen molar-refractivity contribution in [1.82, 2.24) is 14.8 Å². The largest absolute Gasteiger partial charge is 0.497 e. The number of halogens is 2. The van der Waals surface area contributed by atoms with E-state index in [0.29, 0.717) is 27.4 Å². The third-order valence-corrected chi connectivity index (χ3v) is 6.57. The number of carbonyl (C=O) groups excluding carboxylic acids is 1. The van der Waals surface area contributed by atoms with Gasteiger partial charge in [0, 0.05) is 15.2 Å². The summed E-state index contributed by atoms with van der Waals surface area (Å²) in [5.74, 6) is 2.00. The number of hydrogen-bond acceptors (Lipinski definition) is 6. The molecule has 174 valence electrons. The van der Waals surface area contributed by atoms with Gasteiger partial charge in [-0.2, -0.15) is 0 Å². The van der Waals surface area contributed by atoms with Gasteiger partial charge in [-0.25, -0.2) is 0 Å². The predicted octanol–water partition coefficient (Wildman–Crippen LogP) is 6.00. The van der Waals surface area contributed by atoms with Crippen LogP contribution >= 0.6 is 39.3 Å². The van der Waals surface area contributed by atoms with Gasteiger partial charge < -0.3 is 14.8 Å². The number of amides is 1. The van der Waals surface area contributed by atoms with Crippen LogP contribution in [-0.4, -0.2) is 33.5 Å². The molecule has 0 saturated heterocycles. The number of carbonyl (C=O) groups is 1. The number of para-hydroxylation sites is 1. The Balaban J connectivity index is 1.52. The molecular formula is C24H20BrClN4O3S. The number of ether oxygens (including phenoxy) is 2. The van der Waals surface area contributed by atoms with Gasteiger partial charge in [0.1, 0.15) is 18.1 Å². The van der Waals surface area contributed by atoms with Gasteiger partial charge in [-0.3, -0.25) is 9.36 Å². The minimum Gasteiger partial charge on any atom is -0.497 e. The number of nitrogens with zero attached hydrogens (tertiary/aromatic N) is 3. The molecule has 4 aromatic rings. The molecule has 1 heterocycles. The average Bonchev–Trinajstić information content (AvgIpc) is 3.26. The molecule has 0 bridgehead atoms. The number of rotatable bonds is 9. The van der Waals surface area contributed by atoms with E-state index in [1.54, 1.807) is 31.4 Å². The SMILES string of the molecule is COc1ccc(-n2c(COc3ccc(Cl)cc3)nnc2SCC(=O)Nc2ccccc2Br)cc1. The van der Waals surface area contributed by atoms with Gasteiger partial charge >= 0.3 is 0 Å². The van der Waals surface area contributed by atoms with Crippen LogP contribution in [0.4, 0.5) is 5.69 Å². The van der Waals surface area contributed by atoms with Crippen LogP contribution in [0.2, 0.25) is 5.02 Å². The standard InChI is InChI=1S/C24H20BrClN4O3S/c1-32-18-12-8-17(9-13-18)30-22(14-33-19-10-6-16(26)7-11-19)28-29-24(30)34-15-23(31)27-21-5-3-2-4-20(21)25/h2-13H,14-15H2,1H3,(H,27,31). The van der Waals surface area contributed by atoms with E-state index in [2.05, 4.69) is 31.4 Å². The van der Waals surface area contributed by atoms with Crippen LogP contribution in [0, 0.1) is 0 Å². The maximum absolute atomic E-state index is 12.6. The van der Waals surface area contributed by atoms with E-state index in [1.807, 2.05) is 53.1 Å². The summed E-state index contributed by atoms with van der Waals surface area (Å²) in [6, 6.07) is 22.1. The van der Waals surface area contributed by atoms with Crippen LogP contribution in [0.15, 0.2) is 82.4 Å². The number of aromatic nitrogens is 3. The monoisotopic (exact) mass is 558 g/mol. The molecule has 7 nitrogen and oxygen atoms in total. The minimum absolute atomic E-state index is 0.153. The highest BCUT2D eigenvalue weighted by molar-refractivity contribution is 9.10. The summed E-state index contributed by atoms with van der Waals surface area (Å²) in [6.45, 7) is 0.185. The fraction of sp³-hybridized carbons (Fsp3) is 0.125. The molecule has 1 amide bonds. The molecule has 0 atom stereocenters. The molecule has 4 rings (SSSR count). The Labute approximate surface area is 214 Å². The minimum atomic E-state index is -0.153. The predicted molar refractivity (Wildman–Crippen MR) is 137 cm³/mol. The van der Waals surface area contributed by atoms with Gasteiger partial charge in [0.05, 0.1) is 18.6 Å². The van der Waals surface area contributed by atoms with Crippen LogP contribution < -0.4 is 14.8 Å². The van der Waals surface area contributed by atoms with Crippen LogP contribution in [0.5, 0.6) is 11.5 Å².